The Balaban J connectivity index is 0.993. The van der Waals surface area contributed by atoms with Crippen LogP contribution in [-0.2, 0) is 12.8 Å². The van der Waals surface area contributed by atoms with Crippen LogP contribution in [0.2, 0.25) is 0 Å². The summed E-state index contributed by atoms with van der Waals surface area (Å²) in [4.78, 5) is 0. The van der Waals surface area contributed by atoms with Gasteiger partial charge in [-0.3, -0.25) is 4.57 Å². The Hall–Kier alpha value is -6.52. The van der Waals surface area contributed by atoms with Crippen LogP contribution in [0.4, 0.5) is 0 Å². The molecule has 1 atom stereocenters. The molecule has 4 heterocycles. The van der Waals surface area contributed by atoms with Crippen LogP contribution in [0.5, 0.6) is 0 Å². The van der Waals surface area contributed by atoms with E-state index in [1.165, 1.54) is 22.1 Å². The summed E-state index contributed by atoms with van der Waals surface area (Å²) in [5, 5.41) is 8.11. The second-order valence-corrected chi connectivity index (χ2v) is 13.7. The van der Waals surface area contributed by atoms with Crippen LogP contribution in [0.3, 0.4) is 0 Å². The van der Waals surface area contributed by atoms with Gasteiger partial charge in [0.05, 0.1) is 10.9 Å². The van der Waals surface area contributed by atoms with Crippen LogP contribution in [0.15, 0.2) is 171 Å². The third-order valence-corrected chi connectivity index (χ3v) is 10.7. The summed E-state index contributed by atoms with van der Waals surface area (Å²) in [5.74, 6) is 0.213. The number of rotatable bonds is 6. The van der Waals surface area contributed by atoms with E-state index in [4.69, 9.17) is 13.3 Å². The van der Waals surface area contributed by atoms with Gasteiger partial charge in [0.1, 0.15) is 27.9 Å². The topological polar surface area (TPSA) is 44.4 Å². The number of furan rings is 3. The number of fused-ring (bicyclic) bond motifs is 11. The van der Waals surface area contributed by atoms with Crippen LogP contribution in [0, 0.1) is 0 Å². The Bertz CT molecular complexity index is 3100. The van der Waals surface area contributed by atoms with Crippen molar-refractivity contribution in [3.63, 3.8) is 0 Å². The standard InChI is InChI=1S/C47H31NO3/c1-5-13-40-38(11-1)46-39-12-4-8-16-43(39)51-47(46)48(40)33-21-17-29(18-22-33)25-32(31-20-24-37-35-10-3-7-15-42(35)50-45(37)28-31)26-30-19-23-36-34-9-2-6-14-41(34)49-44(36)27-30/h1-24,27-28,32H,25-26H2/t32-/m1/s1. The van der Waals surface area contributed by atoms with Gasteiger partial charge in [0.25, 0.3) is 0 Å². The number of nitrogens with zero attached hydrogens (tertiary/aromatic N) is 1. The molecular weight excluding hydrogens is 627 g/mol. The first-order valence-corrected chi connectivity index (χ1v) is 17.6. The van der Waals surface area contributed by atoms with Crippen molar-refractivity contribution in [2.75, 3.05) is 0 Å². The predicted molar refractivity (Wildman–Crippen MR) is 208 cm³/mol. The van der Waals surface area contributed by atoms with Crippen LogP contribution in [0.25, 0.3) is 82.5 Å². The molecule has 4 heteroatoms. The molecule has 242 valence electrons. The van der Waals surface area contributed by atoms with Gasteiger partial charge in [-0.1, -0.05) is 109 Å². The Morgan fingerprint density at radius 1 is 0.412 bits per heavy atom. The maximum Gasteiger partial charge on any atom is 0.213 e. The molecule has 7 aromatic carbocycles. The third kappa shape index (κ3) is 4.46. The summed E-state index contributed by atoms with van der Waals surface area (Å²) < 4.78 is 21.4. The predicted octanol–water partition coefficient (Wildman–Crippen LogP) is 12.9. The Labute approximate surface area is 292 Å². The first-order chi connectivity index (χ1) is 25.2. The molecule has 0 aliphatic heterocycles. The Morgan fingerprint density at radius 3 is 1.67 bits per heavy atom. The lowest BCUT2D eigenvalue weighted by Gasteiger charge is -2.19. The van der Waals surface area contributed by atoms with E-state index >= 15 is 0 Å². The van der Waals surface area contributed by atoms with Gasteiger partial charge >= 0.3 is 0 Å². The number of benzene rings is 7. The van der Waals surface area contributed by atoms with Gasteiger partial charge in [-0.25, -0.2) is 0 Å². The largest absolute Gasteiger partial charge is 0.456 e. The third-order valence-electron chi connectivity index (χ3n) is 10.7. The van der Waals surface area contributed by atoms with Crippen molar-refractivity contribution in [3.05, 3.63) is 174 Å². The Kier molecular flexibility index (Phi) is 6.11. The first kappa shape index (κ1) is 28.3. The highest BCUT2D eigenvalue weighted by molar-refractivity contribution is 6.19. The van der Waals surface area contributed by atoms with Gasteiger partial charge in [-0.15, -0.1) is 0 Å². The van der Waals surface area contributed by atoms with Crippen LogP contribution < -0.4 is 0 Å². The van der Waals surface area contributed by atoms with Crippen molar-refractivity contribution in [2.45, 2.75) is 18.8 Å². The minimum atomic E-state index is 0.213. The molecule has 0 saturated heterocycles. The van der Waals surface area contributed by atoms with E-state index in [2.05, 4.69) is 126 Å². The highest BCUT2D eigenvalue weighted by Crippen LogP contribution is 2.40. The zero-order valence-electron chi connectivity index (χ0n) is 27.7. The fourth-order valence-corrected chi connectivity index (χ4v) is 8.25. The van der Waals surface area contributed by atoms with E-state index in [0.29, 0.717) is 0 Å². The molecule has 11 aromatic rings. The summed E-state index contributed by atoms with van der Waals surface area (Å²) in [6, 6.07) is 55.9. The molecule has 51 heavy (non-hydrogen) atoms. The highest BCUT2D eigenvalue weighted by atomic mass is 16.3. The van der Waals surface area contributed by atoms with Crippen molar-refractivity contribution in [1.82, 2.24) is 4.57 Å². The van der Waals surface area contributed by atoms with Crippen molar-refractivity contribution >= 4 is 76.8 Å². The second kappa shape index (κ2) is 11.0. The van der Waals surface area contributed by atoms with Gasteiger partial charge in [0.15, 0.2) is 0 Å². The average molecular weight is 658 g/mol. The average Bonchev–Trinajstić information content (AvgIpc) is 3.92. The lowest BCUT2D eigenvalue weighted by Crippen LogP contribution is -2.07. The molecule has 0 aliphatic rings. The highest BCUT2D eigenvalue weighted by Gasteiger charge is 2.20. The first-order valence-electron chi connectivity index (χ1n) is 17.6. The van der Waals surface area contributed by atoms with E-state index in [9.17, 15) is 0 Å². The van der Waals surface area contributed by atoms with Gasteiger partial charge < -0.3 is 13.3 Å². The van der Waals surface area contributed by atoms with E-state index in [0.717, 1.165) is 90.0 Å². The molecule has 4 aromatic heterocycles. The zero-order chi connectivity index (χ0) is 33.5. The lowest BCUT2D eigenvalue weighted by atomic mass is 9.86. The quantitative estimate of drug-likeness (QED) is 0.179. The van der Waals surface area contributed by atoms with E-state index < -0.39 is 0 Å². The Morgan fingerprint density at radius 2 is 0.941 bits per heavy atom. The fraction of sp³-hybridized carbons (Fsp3) is 0.0638. The maximum atomic E-state index is 6.50. The number of para-hydroxylation sites is 4. The SMILES string of the molecule is c1ccc2c(c1)oc1cc(C[C@@H](Cc3ccc(-n4c5ccccc5c5c6ccccc6oc54)cc3)c3ccc4c(c3)oc3ccccc34)ccc12. The van der Waals surface area contributed by atoms with Crippen LogP contribution in [-0.4, -0.2) is 4.57 Å². The van der Waals surface area contributed by atoms with Crippen LogP contribution in [0.1, 0.15) is 22.6 Å². The maximum absolute atomic E-state index is 6.50. The van der Waals surface area contributed by atoms with Gasteiger partial charge in [-0.2, -0.15) is 0 Å². The minimum absolute atomic E-state index is 0.213. The van der Waals surface area contributed by atoms with E-state index in [1.54, 1.807) is 0 Å². The molecule has 0 saturated carbocycles. The van der Waals surface area contributed by atoms with Gasteiger partial charge in [-0.05, 0) is 84.0 Å². The van der Waals surface area contributed by atoms with Crippen molar-refractivity contribution in [3.8, 4) is 5.69 Å². The summed E-state index contributed by atoms with van der Waals surface area (Å²) in [6.07, 6.45) is 1.74. The van der Waals surface area contributed by atoms with Crippen LogP contribution >= 0.6 is 0 Å². The van der Waals surface area contributed by atoms with Crippen molar-refractivity contribution < 1.29 is 13.3 Å². The van der Waals surface area contributed by atoms with Crippen molar-refractivity contribution in [2.24, 2.45) is 0 Å². The summed E-state index contributed by atoms with van der Waals surface area (Å²) in [5.41, 5.74) is 11.5. The molecule has 0 spiro atoms. The molecule has 0 radical (unpaired) electrons. The zero-order valence-corrected chi connectivity index (χ0v) is 27.7. The van der Waals surface area contributed by atoms with Gasteiger partial charge in [0, 0.05) is 38.0 Å². The number of hydrogen-bond acceptors (Lipinski definition) is 3. The van der Waals surface area contributed by atoms with Gasteiger partial charge in [0.2, 0.25) is 5.71 Å². The lowest BCUT2D eigenvalue weighted by molar-refractivity contribution is 0.645. The molecule has 11 rings (SSSR count). The molecule has 0 aliphatic carbocycles. The molecule has 0 amide bonds. The monoisotopic (exact) mass is 657 g/mol. The minimum Gasteiger partial charge on any atom is -0.456 e. The molecule has 0 unspecified atom stereocenters. The molecule has 0 fully saturated rings. The molecule has 0 bridgehead atoms. The van der Waals surface area contributed by atoms with E-state index in [1.807, 2.05) is 36.4 Å². The summed E-state index contributed by atoms with van der Waals surface area (Å²) in [6.45, 7) is 0. The second-order valence-electron chi connectivity index (χ2n) is 13.7. The smallest absolute Gasteiger partial charge is 0.213 e. The number of aromatic nitrogens is 1. The number of hydrogen-bond donors (Lipinski definition) is 0. The van der Waals surface area contributed by atoms with E-state index in [-0.39, 0.29) is 5.92 Å². The molecular formula is C47H31NO3. The van der Waals surface area contributed by atoms with Crippen molar-refractivity contribution in [1.29, 1.82) is 0 Å². The summed E-state index contributed by atoms with van der Waals surface area (Å²) in [7, 11) is 0. The molecule has 4 nitrogen and oxygen atoms in total. The normalized spacial score (nSPS) is 12.8. The molecule has 0 N–H and O–H groups in total. The summed E-state index contributed by atoms with van der Waals surface area (Å²) >= 11 is 0. The fourth-order valence-electron chi connectivity index (χ4n) is 8.25.